The highest BCUT2D eigenvalue weighted by atomic mass is 35.5. The van der Waals surface area contributed by atoms with E-state index in [1.165, 1.54) is 44.9 Å². The van der Waals surface area contributed by atoms with E-state index in [0.717, 1.165) is 19.3 Å². The van der Waals surface area contributed by atoms with Gasteiger partial charge >= 0.3 is 22.1 Å². The zero-order valence-corrected chi connectivity index (χ0v) is 16.8. The van der Waals surface area contributed by atoms with Crippen LogP contribution in [0.2, 0.25) is 5.28 Å². The maximum atomic E-state index is 10.7. The van der Waals surface area contributed by atoms with Crippen LogP contribution in [0.4, 0.5) is 0 Å². The van der Waals surface area contributed by atoms with Gasteiger partial charge in [-0.25, -0.2) is 0 Å². The highest BCUT2D eigenvalue weighted by Crippen LogP contribution is 2.14. The van der Waals surface area contributed by atoms with Gasteiger partial charge in [0, 0.05) is 0 Å². The molecule has 0 aromatic carbocycles. The monoisotopic (exact) mass is 409 g/mol. The molecule has 0 unspecified atom stereocenters. The van der Waals surface area contributed by atoms with Crippen LogP contribution < -0.4 is 9.47 Å². The highest BCUT2D eigenvalue weighted by molar-refractivity contribution is 7.85. The van der Waals surface area contributed by atoms with Crippen molar-refractivity contribution in [3.05, 3.63) is 5.28 Å². The predicted octanol–water partition coefficient (Wildman–Crippen LogP) is 4.05. The molecule has 10 heteroatoms. The van der Waals surface area contributed by atoms with Crippen LogP contribution in [0.15, 0.2) is 0 Å². The topological polar surface area (TPSA) is 112 Å². The van der Waals surface area contributed by atoms with Gasteiger partial charge in [0.05, 0.1) is 6.61 Å². The van der Waals surface area contributed by atoms with E-state index < -0.39 is 16.1 Å². The molecule has 1 aromatic rings. The van der Waals surface area contributed by atoms with Gasteiger partial charge in [-0.05, 0) is 18.0 Å². The highest BCUT2D eigenvalue weighted by Gasteiger charge is 2.11. The van der Waals surface area contributed by atoms with Crippen LogP contribution in [0.5, 0.6) is 12.0 Å². The molecule has 8 nitrogen and oxygen atoms in total. The van der Waals surface area contributed by atoms with Crippen LogP contribution in [0.3, 0.4) is 0 Å². The zero-order chi connectivity index (χ0) is 19.3. The molecule has 150 valence electrons. The Labute approximate surface area is 160 Å². The summed E-state index contributed by atoms with van der Waals surface area (Å²) in [4.78, 5) is 11.2. The van der Waals surface area contributed by atoms with E-state index >= 15 is 0 Å². The lowest BCUT2D eigenvalue weighted by Crippen LogP contribution is -2.13. The van der Waals surface area contributed by atoms with Crippen LogP contribution in [-0.4, -0.2) is 40.5 Å². The van der Waals surface area contributed by atoms with Gasteiger partial charge in [0.25, 0.3) is 0 Å². The van der Waals surface area contributed by atoms with Gasteiger partial charge in [-0.3, -0.25) is 4.55 Å². The van der Waals surface area contributed by atoms with Gasteiger partial charge in [0.15, 0.2) is 0 Å². The van der Waals surface area contributed by atoms with Crippen LogP contribution in [0.1, 0.15) is 71.1 Å². The van der Waals surface area contributed by atoms with Gasteiger partial charge in [0.1, 0.15) is 0 Å². The summed E-state index contributed by atoms with van der Waals surface area (Å²) in [7, 11) is -4.29. The molecular formula is C16H28ClN3O5S. The van der Waals surface area contributed by atoms with Crippen LogP contribution in [0, 0.1) is 0 Å². The maximum absolute atomic E-state index is 10.7. The summed E-state index contributed by atoms with van der Waals surface area (Å²) in [5.41, 5.74) is 0. The van der Waals surface area contributed by atoms with Crippen molar-refractivity contribution in [3.63, 3.8) is 0 Å². The van der Waals surface area contributed by atoms with Crippen molar-refractivity contribution in [1.29, 1.82) is 0 Å². The summed E-state index contributed by atoms with van der Waals surface area (Å²) >= 11 is 5.71. The minimum Gasteiger partial charge on any atom is -0.463 e. The Morgan fingerprint density at radius 2 is 1.35 bits per heavy atom. The van der Waals surface area contributed by atoms with Crippen molar-refractivity contribution in [2.45, 2.75) is 71.1 Å². The molecule has 0 bridgehead atoms. The third-order valence-electron chi connectivity index (χ3n) is 3.63. The molecule has 0 radical (unpaired) electrons. The largest absolute Gasteiger partial charge is 0.463 e. The summed E-state index contributed by atoms with van der Waals surface area (Å²) in [6.45, 7) is 2.65. The first-order valence-electron chi connectivity index (χ1n) is 9.03. The molecule has 0 fully saturated rings. The minimum absolute atomic E-state index is 0.0359. The first-order chi connectivity index (χ1) is 12.4. The van der Waals surface area contributed by atoms with Crippen molar-refractivity contribution in [2.75, 3.05) is 12.5 Å². The number of rotatable bonds is 15. The smallest absolute Gasteiger partial charge is 0.325 e. The lowest BCUT2D eigenvalue weighted by atomic mass is 10.1. The standard InChI is InChI=1S/C16H28ClN3O5S/c1-2-3-4-5-6-7-8-9-10-11-12-24-15-18-14(17)19-16(20-15)25-13-26(21,22)23/h2-13H2,1H3,(H,21,22,23). The van der Waals surface area contributed by atoms with Crippen molar-refractivity contribution in [1.82, 2.24) is 15.0 Å². The average Bonchev–Trinajstić information content (AvgIpc) is 2.57. The summed E-state index contributed by atoms with van der Waals surface area (Å²) in [5, 5.41) is -0.177. The number of hydrogen-bond donors (Lipinski definition) is 1. The zero-order valence-electron chi connectivity index (χ0n) is 15.2. The Bertz CT molecular complexity index is 616. The number of halogens is 1. The molecule has 26 heavy (non-hydrogen) atoms. The van der Waals surface area contributed by atoms with Gasteiger partial charge < -0.3 is 9.47 Å². The molecule has 0 saturated carbocycles. The fourth-order valence-electron chi connectivity index (χ4n) is 2.32. The normalized spacial score (nSPS) is 11.5. The summed E-state index contributed by atoms with van der Waals surface area (Å²) in [5.74, 6) is -0.967. The van der Waals surface area contributed by atoms with E-state index in [1.807, 2.05) is 0 Å². The number of unbranched alkanes of at least 4 members (excludes halogenated alkanes) is 9. The fourth-order valence-corrected chi connectivity index (χ4v) is 2.72. The second kappa shape index (κ2) is 13.1. The van der Waals surface area contributed by atoms with Crippen LogP contribution in [0.25, 0.3) is 0 Å². The average molecular weight is 410 g/mol. The maximum Gasteiger partial charge on any atom is 0.325 e. The van der Waals surface area contributed by atoms with E-state index in [1.54, 1.807) is 0 Å². The molecule has 0 aliphatic heterocycles. The fraction of sp³-hybridized carbons (Fsp3) is 0.812. The molecule has 0 aliphatic rings. The second-order valence-corrected chi connectivity index (χ2v) is 7.78. The van der Waals surface area contributed by atoms with E-state index in [2.05, 4.69) is 21.9 Å². The molecule has 0 amide bonds. The third-order valence-corrected chi connectivity index (χ3v) is 4.22. The Balaban J connectivity index is 2.16. The molecule has 1 rings (SSSR count). The van der Waals surface area contributed by atoms with Crippen LogP contribution >= 0.6 is 11.6 Å². The number of aromatic nitrogens is 3. The first kappa shape index (κ1) is 22.9. The van der Waals surface area contributed by atoms with E-state index in [0.29, 0.717) is 6.61 Å². The van der Waals surface area contributed by atoms with Gasteiger partial charge in [-0.15, -0.1) is 4.98 Å². The molecule has 1 heterocycles. The van der Waals surface area contributed by atoms with E-state index in [9.17, 15) is 8.42 Å². The molecule has 1 aromatic heterocycles. The van der Waals surface area contributed by atoms with E-state index in [-0.39, 0.29) is 17.3 Å². The Morgan fingerprint density at radius 3 is 1.88 bits per heavy atom. The molecule has 0 atom stereocenters. The van der Waals surface area contributed by atoms with E-state index in [4.69, 9.17) is 25.6 Å². The van der Waals surface area contributed by atoms with Gasteiger partial charge in [-0.1, -0.05) is 64.7 Å². The molecule has 0 spiro atoms. The van der Waals surface area contributed by atoms with Crippen molar-refractivity contribution in [2.24, 2.45) is 0 Å². The third kappa shape index (κ3) is 12.2. The number of hydrogen-bond acceptors (Lipinski definition) is 7. The predicted molar refractivity (Wildman–Crippen MR) is 99.2 cm³/mol. The molecule has 0 aliphatic carbocycles. The second-order valence-electron chi connectivity index (χ2n) is 6.04. The lowest BCUT2D eigenvalue weighted by molar-refractivity contribution is 0.267. The van der Waals surface area contributed by atoms with Gasteiger partial charge in [-0.2, -0.15) is 18.4 Å². The molecular weight excluding hydrogens is 382 g/mol. The SMILES string of the molecule is CCCCCCCCCCCCOc1nc(Cl)nc(OCS(=O)(=O)O)n1. The minimum atomic E-state index is -4.29. The van der Waals surface area contributed by atoms with Gasteiger partial charge in [0.2, 0.25) is 11.2 Å². The first-order valence-corrected chi connectivity index (χ1v) is 11.0. The Hall–Kier alpha value is -1.19. The number of ether oxygens (including phenoxy) is 2. The summed E-state index contributed by atoms with van der Waals surface area (Å²) < 4.78 is 40.1. The molecule has 1 N–H and O–H groups in total. The van der Waals surface area contributed by atoms with Crippen molar-refractivity contribution < 1.29 is 22.4 Å². The summed E-state index contributed by atoms with van der Waals surface area (Å²) in [6, 6.07) is -0.355. The quantitative estimate of drug-likeness (QED) is 0.341. The Kier molecular flexibility index (Phi) is 11.5. The number of nitrogens with zero attached hydrogens (tertiary/aromatic N) is 3. The summed E-state index contributed by atoms with van der Waals surface area (Å²) in [6.07, 6.45) is 12.2. The molecule has 0 saturated heterocycles. The Morgan fingerprint density at radius 1 is 0.846 bits per heavy atom. The van der Waals surface area contributed by atoms with Crippen molar-refractivity contribution >= 4 is 21.7 Å². The van der Waals surface area contributed by atoms with Crippen molar-refractivity contribution in [3.8, 4) is 12.0 Å². The van der Waals surface area contributed by atoms with Crippen LogP contribution in [-0.2, 0) is 10.1 Å². The lowest BCUT2D eigenvalue weighted by Gasteiger charge is -2.07.